The smallest absolute Gasteiger partial charge is 0.404 e. The molecule has 1 aromatic heterocycles. The first-order valence-corrected chi connectivity index (χ1v) is 14.3. The lowest BCUT2D eigenvalue weighted by atomic mass is 9.89. The van der Waals surface area contributed by atoms with Gasteiger partial charge in [-0.05, 0) is 75.4 Å². The van der Waals surface area contributed by atoms with Crippen LogP contribution in [0.15, 0.2) is 69.9 Å². The highest BCUT2D eigenvalue weighted by molar-refractivity contribution is 6.30. The van der Waals surface area contributed by atoms with Gasteiger partial charge in [-0.15, -0.1) is 0 Å². The monoisotopic (exact) mass is 654 g/mol. The number of methoxy groups -OCH3 is 1. The predicted molar refractivity (Wildman–Crippen MR) is 166 cm³/mol. The normalized spacial score (nSPS) is 20.6. The Kier molecular flexibility index (Phi) is 9.13. The van der Waals surface area contributed by atoms with E-state index in [1.807, 2.05) is 0 Å². The van der Waals surface area contributed by atoms with Gasteiger partial charge < -0.3 is 49.4 Å². The number of anilines is 1. The standard InChI is InChI=1S/C32H31ClN2O11/c1-15-21(43-30-24(37)26(45-31(34)40)27(41-4)32(2,3)46-30)13-12-20-23(36)22(29(39)44-25(15)20)35-28(38)16-6-5-7-19(14-16)42-18-10-8-17(33)9-11-18/h5-14,24,26-27,30,36-37H,1-4H3,(H2,34,40)(H,35,38)/t24-,26+,27-,30-/m1/s1. The fourth-order valence-corrected chi connectivity index (χ4v) is 5.32. The number of aliphatic hydroxyl groups is 1. The van der Waals surface area contributed by atoms with Crippen LogP contribution in [-0.2, 0) is 14.2 Å². The van der Waals surface area contributed by atoms with E-state index in [-0.39, 0.29) is 27.8 Å². The van der Waals surface area contributed by atoms with Crippen molar-refractivity contribution in [1.82, 2.24) is 0 Å². The lowest BCUT2D eigenvalue weighted by Crippen LogP contribution is -2.65. The Morgan fingerprint density at radius 3 is 2.46 bits per heavy atom. The Morgan fingerprint density at radius 2 is 1.78 bits per heavy atom. The van der Waals surface area contributed by atoms with E-state index in [0.29, 0.717) is 16.5 Å². The number of rotatable bonds is 8. The number of benzene rings is 3. The molecular weight excluding hydrogens is 624 g/mol. The molecule has 0 radical (unpaired) electrons. The summed E-state index contributed by atoms with van der Waals surface area (Å²) < 4.78 is 33.7. The van der Waals surface area contributed by atoms with Crippen molar-refractivity contribution in [2.45, 2.75) is 51.0 Å². The lowest BCUT2D eigenvalue weighted by Gasteiger charge is -2.47. The molecule has 4 aromatic rings. The molecule has 0 bridgehead atoms. The summed E-state index contributed by atoms with van der Waals surface area (Å²) in [6, 6.07) is 15.7. The van der Waals surface area contributed by atoms with Crippen molar-refractivity contribution in [3.05, 3.63) is 87.2 Å². The number of aryl methyl sites for hydroxylation is 1. The molecule has 0 saturated carbocycles. The third-order valence-corrected chi connectivity index (χ3v) is 7.65. The quantitative estimate of drug-likeness (QED) is 0.190. The molecule has 1 aliphatic rings. The molecule has 2 amide bonds. The molecule has 1 fully saturated rings. The van der Waals surface area contributed by atoms with Gasteiger partial charge in [-0.25, -0.2) is 9.59 Å². The molecule has 1 aliphatic heterocycles. The van der Waals surface area contributed by atoms with Gasteiger partial charge >= 0.3 is 11.7 Å². The molecule has 13 nitrogen and oxygen atoms in total. The minimum absolute atomic E-state index is 0.0411. The summed E-state index contributed by atoms with van der Waals surface area (Å²) in [5, 5.41) is 25.0. The Labute approximate surface area is 267 Å². The second-order valence-corrected chi connectivity index (χ2v) is 11.4. The number of amides is 2. The second-order valence-electron chi connectivity index (χ2n) is 11.0. The Morgan fingerprint density at radius 1 is 1.07 bits per heavy atom. The Hall–Kier alpha value is -4.82. The van der Waals surface area contributed by atoms with Crippen LogP contribution >= 0.6 is 11.6 Å². The topological polar surface area (TPSA) is 189 Å². The van der Waals surface area contributed by atoms with Crippen molar-refractivity contribution < 1.29 is 47.9 Å². The highest BCUT2D eigenvalue weighted by Crippen LogP contribution is 2.38. The number of aromatic hydroxyl groups is 1. The molecule has 5 N–H and O–H groups in total. The summed E-state index contributed by atoms with van der Waals surface area (Å²) in [6.07, 6.45) is -6.11. The Balaban J connectivity index is 1.39. The van der Waals surface area contributed by atoms with Crippen molar-refractivity contribution in [2.75, 3.05) is 12.4 Å². The number of nitrogens with two attached hydrogens (primary N) is 1. The summed E-state index contributed by atoms with van der Waals surface area (Å²) in [5.41, 5.74) is 2.99. The van der Waals surface area contributed by atoms with E-state index in [9.17, 15) is 24.6 Å². The number of primary amides is 1. The first-order valence-electron chi connectivity index (χ1n) is 13.9. The molecule has 14 heteroatoms. The third kappa shape index (κ3) is 6.58. The van der Waals surface area contributed by atoms with E-state index in [2.05, 4.69) is 5.32 Å². The van der Waals surface area contributed by atoms with E-state index in [4.69, 9.17) is 45.4 Å². The average molecular weight is 655 g/mol. The molecule has 242 valence electrons. The molecule has 0 unspecified atom stereocenters. The van der Waals surface area contributed by atoms with Crippen LogP contribution in [0.1, 0.15) is 29.8 Å². The van der Waals surface area contributed by atoms with E-state index >= 15 is 0 Å². The zero-order chi connectivity index (χ0) is 33.3. The van der Waals surface area contributed by atoms with Gasteiger partial charge in [-0.2, -0.15) is 0 Å². The van der Waals surface area contributed by atoms with Gasteiger partial charge in [-0.3, -0.25) is 4.79 Å². The van der Waals surface area contributed by atoms with Gasteiger partial charge in [0.25, 0.3) is 5.91 Å². The number of carbonyl (C=O) groups excluding carboxylic acids is 2. The summed E-state index contributed by atoms with van der Waals surface area (Å²) in [5.74, 6) is -0.254. The van der Waals surface area contributed by atoms with Crippen LogP contribution in [0.2, 0.25) is 5.02 Å². The first-order chi connectivity index (χ1) is 21.8. The van der Waals surface area contributed by atoms with Crippen LogP contribution in [0.3, 0.4) is 0 Å². The highest BCUT2D eigenvalue weighted by Gasteiger charge is 2.53. The van der Waals surface area contributed by atoms with Crippen molar-refractivity contribution in [1.29, 1.82) is 0 Å². The molecule has 46 heavy (non-hydrogen) atoms. The SMILES string of the molecule is CO[C@@H]1[C@@H](OC(N)=O)[C@@H](O)[C@H](Oc2ccc3c(O)c(NC(=O)c4cccc(Oc5ccc(Cl)cc5)c4)c(=O)oc3c2C)OC1(C)C. The van der Waals surface area contributed by atoms with Gasteiger partial charge in [0.05, 0.1) is 11.0 Å². The molecule has 3 aromatic carbocycles. The minimum Gasteiger partial charge on any atom is -0.505 e. The van der Waals surface area contributed by atoms with Crippen molar-refractivity contribution in [3.63, 3.8) is 0 Å². The second kappa shape index (κ2) is 12.9. The van der Waals surface area contributed by atoms with Crippen LogP contribution in [0.4, 0.5) is 10.5 Å². The summed E-state index contributed by atoms with van der Waals surface area (Å²) in [6.45, 7) is 4.87. The number of fused-ring (bicyclic) bond motifs is 1. The maximum atomic E-state index is 13.1. The van der Waals surface area contributed by atoms with E-state index in [1.54, 1.807) is 57.2 Å². The number of halogens is 1. The average Bonchev–Trinajstić information content (AvgIpc) is 3.00. The molecule has 1 saturated heterocycles. The number of hydrogen-bond acceptors (Lipinski definition) is 11. The van der Waals surface area contributed by atoms with E-state index in [1.165, 1.54) is 31.4 Å². The van der Waals surface area contributed by atoms with Gasteiger partial charge in [0.15, 0.2) is 23.6 Å². The van der Waals surface area contributed by atoms with E-state index in [0.717, 1.165) is 0 Å². The van der Waals surface area contributed by atoms with Crippen LogP contribution in [0.25, 0.3) is 11.0 Å². The van der Waals surface area contributed by atoms with Gasteiger partial charge in [0.2, 0.25) is 6.29 Å². The van der Waals surface area contributed by atoms with Gasteiger partial charge in [0, 0.05) is 23.3 Å². The molecule has 4 atom stereocenters. The zero-order valence-electron chi connectivity index (χ0n) is 25.1. The van der Waals surface area contributed by atoms with Crippen molar-refractivity contribution in [2.24, 2.45) is 5.73 Å². The maximum absolute atomic E-state index is 13.1. The third-order valence-electron chi connectivity index (χ3n) is 7.40. The van der Waals surface area contributed by atoms with Crippen molar-refractivity contribution >= 4 is 40.3 Å². The zero-order valence-corrected chi connectivity index (χ0v) is 25.9. The molecular formula is C32H31ClN2O11. The lowest BCUT2D eigenvalue weighted by molar-refractivity contribution is -0.304. The highest BCUT2D eigenvalue weighted by atomic mass is 35.5. The summed E-state index contributed by atoms with van der Waals surface area (Å²) in [7, 11) is 1.37. The van der Waals surface area contributed by atoms with Crippen LogP contribution in [0, 0.1) is 6.92 Å². The molecule has 2 heterocycles. The van der Waals surface area contributed by atoms with Crippen LogP contribution in [0.5, 0.6) is 23.0 Å². The number of hydrogen-bond donors (Lipinski definition) is 4. The minimum atomic E-state index is -1.52. The van der Waals surface area contributed by atoms with Gasteiger partial charge in [0.1, 0.15) is 28.9 Å². The predicted octanol–water partition coefficient (Wildman–Crippen LogP) is 4.86. The molecule has 0 spiro atoms. The molecule has 0 aliphatic carbocycles. The summed E-state index contributed by atoms with van der Waals surface area (Å²) >= 11 is 5.91. The Bertz CT molecular complexity index is 1840. The summed E-state index contributed by atoms with van der Waals surface area (Å²) in [4.78, 5) is 37.6. The molecule has 5 rings (SSSR count). The number of aliphatic hydroxyl groups excluding tert-OH is 1. The fraction of sp³-hybridized carbons (Fsp3) is 0.281. The fourth-order valence-electron chi connectivity index (χ4n) is 5.20. The number of carbonyl (C=O) groups is 2. The van der Waals surface area contributed by atoms with Crippen LogP contribution < -0.4 is 26.1 Å². The number of ether oxygens (including phenoxy) is 5. The largest absolute Gasteiger partial charge is 0.505 e. The number of nitrogens with one attached hydrogen (secondary N) is 1. The van der Waals surface area contributed by atoms with Crippen molar-refractivity contribution in [3.8, 4) is 23.0 Å². The first kappa shape index (κ1) is 32.6. The van der Waals surface area contributed by atoms with Crippen LogP contribution in [-0.4, -0.2) is 59.5 Å². The van der Waals surface area contributed by atoms with Gasteiger partial charge in [-0.1, -0.05) is 17.7 Å². The maximum Gasteiger partial charge on any atom is 0.404 e. The van der Waals surface area contributed by atoms with E-state index < -0.39 is 59.3 Å².